The van der Waals surface area contributed by atoms with Crippen molar-refractivity contribution < 1.29 is 39.6 Å². The first-order chi connectivity index (χ1) is 15.8. The molecular formula is C22H16F6N2O3S. The van der Waals surface area contributed by atoms with E-state index in [4.69, 9.17) is 0 Å². The molecule has 0 unspecified atom stereocenters. The van der Waals surface area contributed by atoms with Crippen LogP contribution >= 0.6 is 0 Å². The van der Waals surface area contributed by atoms with E-state index in [-0.39, 0.29) is 4.90 Å². The van der Waals surface area contributed by atoms with Crippen LogP contribution in [0, 0.1) is 0 Å². The van der Waals surface area contributed by atoms with Crippen LogP contribution in [0.3, 0.4) is 0 Å². The van der Waals surface area contributed by atoms with Gasteiger partial charge < -0.3 is 5.32 Å². The van der Waals surface area contributed by atoms with E-state index in [0.717, 1.165) is 36.4 Å². The quantitative estimate of drug-likeness (QED) is 0.449. The molecule has 0 aliphatic heterocycles. The monoisotopic (exact) mass is 502 g/mol. The average Bonchev–Trinajstić information content (AvgIpc) is 2.77. The van der Waals surface area contributed by atoms with E-state index < -0.39 is 57.3 Å². The Balaban J connectivity index is 2.02. The van der Waals surface area contributed by atoms with Gasteiger partial charge in [0.15, 0.2) is 0 Å². The summed E-state index contributed by atoms with van der Waals surface area (Å²) in [4.78, 5) is 12.3. The molecule has 0 aliphatic carbocycles. The number of carbonyl (C=O) groups is 1. The zero-order valence-corrected chi connectivity index (χ0v) is 17.9. The van der Waals surface area contributed by atoms with Crippen molar-refractivity contribution in [3.63, 3.8) is 0 Å². The van der Waals surface area contributed by atoms with Crippen LogP contribution in [0.4, 0.5) is 37.7 Å². The number of rotatable bonds is 6. The summed E-state index contributed by atoms with van der Waals surface area (Å²) in [5.74, 6) is -1.19. The van der Waals surface area contributed by atoms with Crippen molar-refractivity contribution >= 4 is 27.3 Å². The summed E-state index contributed by atoms with van der Waals surface area (Å²) in [6.07, 6.45) is -9.60. The highest BCUT2D eigenvalue weighted by atomic mass is 32.2. The lowest BCUT2D eigenvalue weighted by Crippen LogP contribution is -2.38. The fourth-order valence-corrected chi connectivity index (χ4v) is 4.47. The van der Waals surface area contributed by atoms with Gasteiger partial charge in [0.25, 0.3) is 10.0 Å². The number of benzene rings is 3. The van der Waals surface area contributed by atoms with Crippen molar-refractivity contribution in [2.45, 2.75) is 17.2 Å². The van der Waals surface area contributed by atoms with E-state index in [1.807, 2.05) is 5.32 Å². The van der Waals surface area contributed by atoms with E-state index in [0.29, 0.717) is 10.4 Å². The summed E-state index contributed by atoms with van der Waals surface area (Å²) in [6, 6.07) is 13.9. The van der Waals surface area contributed by atoms with Gasteiger partial charge in [-0.3, -0.25) is 9.10 Å². The molecule has 1 N–H and O–H groups in total. The Bertz CT molecular complexity index is 1280. The predicted octanol–water partition coefficient (Wildman–Crippen LogP) is 5.56. The summed E-state index contributed by atoms with van der Waals surface area (Å²) in [6.45, 7) is -1.08. The molecular weight excluding hydrogens is 486 g/mol. The number of hydrogen-bond donors (Lipinski definition) is 1. The zero-order chi connectivity index (χ0) is 25.1. The molecule has 0 spiro atoms. The maximum absolute atomic E-state index is 13.2. The summed E-state index contributed by atoms with van der Waals surface area (Å²) in [5, 5.41) is 2.00. The average molecular weight is 502 g/mol. The van der Waals surface area contributed by atoms with Crippen LogP contribution in [0.15, 0.2) is 83.8 Å². The molecule has 0 heterocycles. The fraction of sp³-hybridized carbons (Fsp3) is 0.136. The maximum atomic E-state index is 13.2. The number of amides is 1. The second-order valence-corrected chi connectivity index (χ2v) is 8.83. The van der Waals surface area contributed by atoms with Gasteiger partial charge in [-0.25, -0.2) is 8.42 Å². The first-order valence-corrected chi connectivity index (χ1v) is 11.0. The van der Waals surface area contributed by atoms with Crippen molar-refractivity contribution in [3.8, 4) is 0 Å². The van der Waals surface area contributed by atoms with Crippen LogP contribution in [0.2, 0.25) is 0 Å². The van der Waals surface area contributed by atoms with Crippen LogP contribution in [0.1, 0.15) is 11.1 Å². The third-order valence-electron chi connectivity index (χ3n) is 4.59. The predicted molar refractivity (Wildman–Crippen MR) is 112 cm³/mol. The molecule has 3 aromatic carbocycles. The fourth-order valence-electron chi connectivity index (χ4n) is 3.03. The molecule has 1 amide bonds. The summed E-state index contributed by atoms with van der Waals surface area (Å²) in [7, 11) is -4.56. The van der Waals surface area contributed by atoms with Crippen LogP contribution in [-0.4, -0.2) is 20.9 Å². The maximum Gasteiger partial charge on any atom is 0.418 e. The molecule has 3 rings (SSSR count). The Labute approximate surface area is 190 Å². The lowest BCUT2D eigenvalue weighted by atomic mass is 10.1. The van der Waals surface area contributed by atoms with Crippen molar-refractivity contribution in [1.29, 1.82) is 0 Å². The van der Waals surface area contributed by atoms with Gasteiger partial charge in [-0.1, -0.05) is 36.4 Å². The Morgan fingerprint density at radius 1 is 0.794 bits per heavy atom. The first kappa shape index (κ1) is 25.1. The van der Waals surface area contributed by atoms with Gasteiger partial charge in [0.1, 0.15) is 6.54 Å². The molecule has 0 saturated carbocycles. The Hall–Kier alpha value is -3.54. The van der Waals surface area contributed by atoms with Crippen LogP contribution < -0.4 is 9.62 Å². The van der Waals surface area contributed by atoms with E-state index in [1.165, 1.54) is 36.4 Å². The number of sulfonamides is 1. The highest BCUT2D eigenvalue weighted by Crippen LogP contribution is 2.35. The minimum atomic E-state index is -4.80. The number of anilines is 2. The smallest absolute Gasteiger partial charge is 0.324 e. The highest BCUT2D eigenvalue weighted by Gasteiger charge is 2.35. The Morgan fingerprint density at radius 2 is 1.41 bits per heavy atom. The normalized spacial score (nSPS) is 12.3. The lowest BCUT2D eigenvalue weighted by Gasteiger charge is -2.25. The molecule has 0 fully saturated rings. The second-order valence-electron chi connectivity index (χ2n) is 6.96. The van der Waals surface area contributed by atoms with Crippen LogP contribution in [-0.2, 0) is 27.2 Å². The minimum Gasteiger partial charge on any atom is -0.324 e. The topological polar surface area (TPSA) is 66.5 Å². The first-order valence-electron chi connectivity index (χ1n) is 9.51. The van der Waals surface area contributed by atoms with Crippen molar-refractivity contribution in [2.24, 2.45) is 0 Å². The van der Waals surface area contributed by atoms with Crippen molar-refractivity contribution in [3.05, 3.63) is 90.0 Å². The number of halogens is 6. The van der Waals surface area contributed by atoms with Gasteiger partial charge in [-0.2, -0.15) is 26.3 Å². The number of nitrogens with zero attached hydrogens (tertiary/aromatic N) is 1. The summed E-state index contributed by atoms with van der Waals surface area (Å²) < 4.78 is 106. The van der Waals surface area contributed by atoms with E-state index in [9.17, 15) is 39.6 Å². The third kappa shape index (κ3) is 5.68. The second kappa shape index (κ2) is 9.37. The molecule has 0 atom stereocenters. The lowest BCUT2D eigenvalue weighted by molar-refractivity contribution is -0.138. The van der Waals surface area contributed by atoms with Crippen molar-refractivity contribution in [1.82, 2.24) is 0 Å². The van der Waals surface area contributed by atoms with E-state index in [2.05, 4.69) is 0 Å². The Kier molecular flexibility index (Phi) is 6.92. The standard InChI is InChI=1S/C22H16F6N2O3S/c23-21(24,25)15-7-6-8-16(13-15)30(34(32,33)17-9-2-1-3-10-17)14-20(31)29-19-12-5-4-11-18(19)22(26,27)28/h1-13H,14H2,(H,29,31). The van der Waals surface area contributed by atoms with Crippen LogP contribution in [0.25, 0.3) is 0 Å². The number of carbonyl (C=O) groups excluding carboxylic acids is 1. The van der Waals surface area contributed by atoms with Gasteiger partial charge >= 0.3 is 12.4 Å². The zero-order valence-electron chi connectivity index (χ0n) is 17.1. The number of nitrogens with one attached hydrogen (secondary N) is 1. The molecule has 5 nitrogen and oxygen atoms in total. The van der Waals surface area contributed by atoms with Crippen molar-refractivity contribution in [2.75, 3.05) is 16.2 Å². The molecule has 0 aromatic heterocycles. The van der Waals surface area contributed by atoms with E-state index >= 15 is 0 Å². The molecule has 0 aliphatic rings. The number of para-hydroxylation sites is 1. The summed E-state index contributed by atoms with van der Waals surface area (Å²) in [5.41, 5.74) is -3.44. The molecule has 0 saturated heterocycles. The van der Waals surface area contributed by atoms with Gasteiger partial charge in [-0.15, -0.1) is 0 Å². The van der Waals surface area contributed by atoms with Crippen LogP contribution in [0.5, 0.6) is 0 Å². The molecule has 0 radical (unpaired) electrons. The molecule has 12 heteroatoms. The van der Waals surface area contributed by atoms with Gasteiger partial charge in [0.05, 0.1) is 27.4 Å². The van der Waals surface area contributed by atoms with Gasteiger partial charge in [0.2, 0.25) is 5.91 Å². The minimum absolute atomic E-state index is 0.323. The number of hydrogen-bond acceptors (Lipinski definition) is 3. The molecule has 3 aromatic rings. The SMILES string of the molecule is O=C(CN(c1cccc(C(F)(F)F)c1)S(=O)(=O)c1ccccc1)Nc1ccccc1C(F)(F)F. The number of alkyl halides is 6. The highest BCUT2D eigenvalue weighted by molar-refractivity contribution is 7.92. The third-order valence-corrected chi connectivity index (χ3v) is 6.37. The van der Waals surface area contributed by atoms with Gasteiger partial charge in [-0.05, 0) is 42.5 Å². The van der Waals surface area contributed by atoms with Gasteiger partial charge in [0, 0.05) is 0 Å². The Morgan fingerprint density at radius 3 is 2.03 bits per heavy atom. The van der Waals surface area contributed by atoms with E-state index in [1.54, 1.807) is 0 Å². The molecule has 34 heavy (non-hydrogen) atoms. The largest absolute Gasteiger partial charge is 0.418 e. The molecule has 180 valence electrons. The molecule has 0 bridgehead atoms. The summed E-state index contributed by atoms with van der Waals surface area (Å²) >= 11 is 0.